The minimum Gasteiger partial charge on any atom is -0.306 e. The van der Waals surface area contributed by atoms with E-state index in [1.54, 1.807) is 11.1 Å². The molecule has 3 atom stereocenters. The fourth-order valence-electron chi connectivity index (χ4n) is 4.59. The molecule has 4 rings (SSSR count). The van der Waals surface area contributed by atoms with E-state index in [0.717, 1.165) is 5.92 Å². The molecule has 2 aromatic carbocycles. The van der Waals surface area contributed by atoms with Crippen molar-refractivity contribution in [2.24, 2.45) is 5.92 Å². The van der Waals surface area contributed by atoms with Crippen molar-refractivity contribution in [1.82, 2.24) is 4.90 Å². The summed E-state index contributed by atoms with van der Waals surface area (Å²) in [7, 11) is 2.27. The average molecular weight is 291 g/mol. The zero-order chi connectivity index (χ0) is 15.3. The van der Waals surface area contributed by atoms with E-state index in [1.165, 1.54) is 36.2 Å². The van der Waals surface area contributed by atoms with Crippen molar-refractivity contribution >= 4 is 0 Å². The summed E-state index contributed by atoms with van der Waals surface area (Å²) in [4.78, 5) is 2.50. The first kappa shape index (κ1) is 14.0. The summed E-state index contributed by atoms with van der Waals surface area (Å²) in [5, 5.41) is 0. The predicted octanol–water partition coefficient (Wildman–Crippen LogP) is 4.48. The summed E-state index contributed by atoms with van der Waals surface area (Å²) in [5.74, 6) is 2.07. The number of rotatable bonds is 1. The third-order valence-corrected chi connectivity index (χ3v) is 5.71. The zero-order valence-corrected chi connectivity index (χ0v) is 13.8. The molecule has 1 saturated heterocycles. The van der Waals surface area contributed by atoms with E-state index in [4.69, 9.17) is 0 Å². The SMILES string of the molecule is Cc1ccc([C@@H]2c3cc(C)ccc3[C@H]3CN(C)CC[C@@H]23)cc1. The molecule has 22 heavy (non-hydrogen) atoms. The molecule has 0 aromatic heterocycles. The van der Waals surface area contributed by atoms with Crippen LogP contribution in [-0.2, 0) is 0 Å². The van der Waals surface area contributed by atoms with Gasteiger partial charge in [-0.1, -0.05) is 53.6 Å². The van der Waals surface area contributed by atoms with Gasteiger partial charge < -0.3 is 4.90 Å². The van der Waals surface area contributed by atoms with E-state index in [2.05, 4.69) is 68.3 Å². The molecule has 0 unspecified atom stereocenters. The fourth-order valence-corrected chi connectivity index (χ4v) is 4.59. The Balaban J connectivity index is 1.83. The van der Waals surface area contributed by atoms with Gasteiger partial charge in [-0.2, -0.15) is 0 Å². The highest BCUT2D eigenvalue weighted by Crippen LogP contribution is 2.53. The number of nitrogens with zero attached hydrogens (tertiary/aromatic N) is 1. The Morgan fingerprint density at radius 1 is 0.909 bits per heavy atom. The van der Waals surface area contributed by atoms with Crippen molar-refractivity contribution in [3.63, 3.8) is 0 Å². The number of likely N-dealkylation sites (tertiary alicyclic amines) is 1. The normalized spacial score (nSPS) is 27.5. The van der Waals surface area contributed by atoms with Crippen LogP contribution in [-0.4, -0.2) is 25.0 Å². The second kappa shape index (κ2) is 5.24. The summed E-state index contributed by atoms with van der Waals surface area (Å²) in [6.07, 6.45) is 1.31. The fraction of sp³-hybridized carbons (Fsp3) is 0.429. The van der Waals surface area contributed by atoms with Crippen molar-refractivity contribution in [1.29, 1.82) is 0 Å². The second-order valence-corrected chi connectivity index (χ2v) is 7.34. The number of hydrogen-bond acceptors (Lipinski definition) is 1. The summed E-state index contributed by atoms with van der Waals surface area (Å²) in [6, 6.07) is 16.4. The molecule has 1 nitrogen and oxygen atoms in total. The molecule has 0 bridgehead atoms. The first-order valence-electron chi connectivity index (χ1n) is 8.49. The molecule has 1 fully saturated rings. The molecule has 1 heterocycles. The standard InChI is InChI=1S/C21H25N/c1-14-4-7-16(8-5-14)21-18-10-11-22(3)13-20(18)17-9-6-15(2)12-19(17)21/h4-9,12,18,20-21H,10-11,13H2,1-3H3/t18-,20-,21+/m1/s1. The van der Waals surface area contributed by atoms with E-state index in [9.17, 15) is 0 Å². The highest BCUT2D eigenvalue weighted by atomic mass is 15.1. The Morgan fingerprint density at radius 2 is 1.64 bits per heavy atom. The number of piperidine rings is 1. The van der Waals surface area contributed by atoms with Crippen LogP contribution in [0.3, 0.4) is 0 Å². The minimum atomic E-state index is 0.592. The van der Waals surface area contributed by atoms with Crippen molar-refractivity contribution < 1.29 is 0 Å². The molecule has 0 amide bonds. The number of benzene rings is 2. The van der Waals surface area contributed by atoms with Crippen LogP contribution in [0.5, 0.6) is 0 Å². The lowest BCUT2D eigenvalue weighted by Gasteiger charge is -2.35. The predicted molar refractivity (Wildman–Crippen MR) is 92.5 cm³/mol. The lowest BCUT2D eigenvalue weighted by molar-refractivity contribution is 0.191. The molecule has 0 spiro atoms. The summed E-state index contributed by atoms with van der Waals surface area (Å²) in [6.45, 7) is 6.84. The lowest BCUT2D eigenvalue weighted by Crippen LogP contribution is -2.36. The molecular weight excluding hydrogens is 266 g/mol. The van der Waals surface area contributed by atoms with E-state index in [1.807, 2.05) is 0 Å². The van der Waals surface area contributed by atoms with Crippen LogP contribution in [0.15, 0.2) is 42.5 Å². The number of likely N-dealkylation sites (N-methyl/N-ethyl adjacent to an activating group) is 1. The summed E-state index contributed by atoms with van der Waals surface area (Å²) in [5.41, 5.74) is 7.45. The van der Waals surface area contributed by atoms with Gasteiger partial charge in [0.05, 0.1) is 0 Å². The van der Waals surface area contributed by atoms with E-state index < -0.39 is 0 Å². The number of fused-ring (bicyclic) bond motifs is 3. The van der Waals surface area contributed by atoms with Gasteiger partial charge in [-0.05, 0) is 56.5 Å². The largest absolute Gasteiger partial charge is 0.306 e. The lowest BCUT2D eigenvalue weighted by atomic mass is 9.78. The van der Waals surface area contributed by atoms with Crippen molar-refractivity contribution in [2.45, 2.75) is 32.1 Å². The van der Waals surface area contributed by atoms with Gasteiger partial charge in [0, 0.05) is 18.4 Å². The van der Waals surface area contributed by atoms with Crippen molar-refractivity contribution in [3.05, 3.63) is 70.3 Å². The van der Waals surface area contributed by atoms with Crippen LogP contribution in [0, 0.1) is 19.8 Å². The Kier molecular flexibility index (Phi) is 3.34. The molecule has 1 heteroatoms. The van der Waals surface area contributed by atoms with Gasteiger partial charge in [0.1, 0.15) is 0 Å². The summed E-state index contributed by atoms with van der Waals surface area (Å²) < 4.78 is 0. The van der Waals surface area contributed by atoms with Crippen molar-refractivity contribution in [2.75, 3.05) is 20.1 Å². The van der Waals surface area contributed by atoms with Crippen LogP contribution in [0.2, 0.25) is 0 Å². The molecule has 2 aliphatic rings. The van der Waals surface area contributed by atoms with Gasteiger partial charge in [0.25, 0.3) is 0 Å². The van der Waals surface area contributed by atoms with Gasteiger partial charge in [0.15, 0.2) is 0 Å². The van der Waals surface area contributed by atoms with Gasteiger partial charge >= 0.3 is 0 Å². The quantitative estimate of drug-likeness (QED) is 0.748. The monoisotopic (exact) mass is 291 g/mol. The van der Waals surface area contributed by atoms with Gasteiger partial charge in [0.2, 0.25) is 0 Å². The first-order valence-corrected chi connectivity index (χ1v) is 8.49. The third kappa shape index (κ3) is 2.19. The van der Waals surface area contributed by atoms with Crippen LogP contribution >= 0.6 is 0 Å². The second-order valence-electron chi connectivity index (χ2n) is 7.34. The van der Waals surface area contributed by atoms with Crippen LogP contribution in [0.1, 0.15) is 46.1 Å². The molecule has 2 aromatic rings. The Hall–Kier alpha value is -1.60. The maximum absolute atomic E-state index is 2.50. The Labute approximate surface area is 134 Å². The third-order valence-electron chi connectivity index (χ3n) is 5.71. The van der Waals surface area contributed by atoms with E-state index >= 15 is 0 Å². The Bertz CT molecular complexity index is 686. The molecular formula is C21H25N. The van der Waals surface area contributed by atoms with Gasteiger partial charge in [-0.15, -0.1) is 0 Å². The van der Waals surface area contributed by atoms with Crippen LogP contribution in [0.4, 0.5) is 0 Å². The molecule has 1 aliphatic heterocycles. The highest BCUT2D eigenvalue weighted by molar-refractivity contribution is 5.48. The highest BCUT2D eigenvalue weighted by Gasteiger charge is 2.43. The minimum absolute atomic E-state index is 0.592. The van der Waals surface area contributed by atoms with Crippen molar-refractivity contribution in [3.8, 4) is 0 Å². The maximum Gasteiger partial charge on any atom is 0.0127 e. The zero-order valence-electron chi connectivity index (χ0n) is 13.8. The molecule has 0 radical (unpaired) electrons. The van der Waals surface area contributed by atoms with Gasteiger partial charge in [-0.3, -0.25) is 0 Å². The summed E-state index contributed by atoms with van der Waals surface area (Å²) >= 11 is 0. The van der Waals surface area contributed by atoms with E-state index in [0.29, 0.717) is 11.8 Å². The van der Waals surface area contributed by atoms with Crippen LogP contribution in [0.25, 0.3) is 0 Å². The molecule has 0 N–H and O–H groups in total. The average Bonchev–Trinajstić information content (AvgIpc) is 2.81. The molecule has 1 aliphatic carbocycles. The number of hydrogen-bond donors (Lipinski definition) is 0. The first-order chi connectivity index (χ1) is 10.6. The molecule has 114 valence electrons. The topological polar surface area (TPSA) is 3.24 Å². The van der Waals surface area contributed by atoms with Gasteiger partial charge in [-0.25, -0.2) is 0 Å². The van der Waals surface area contributed by atoms with E-state index in [-0.39, 0.29) is 0 Å². The maximum atomic E-state index is 2.50. The number of aryl methyl sites for hydroxylation is 2. The molecule has 0 saturated carbocycles. The Morgan fingerprint density at radius 3 is 2.41 bits per heavy atom. The smallest absolute Gasteiger partial charge is 0.0127 e. The van der Waals surface area contributed by atoms with Crippen LogP contribution < -0.4 is 0 Å².